The number of ether oxygens (including phenoxy) is 1. The smallest absolute Gasteiger partial charge is 0.341 e. The molecule has 2 atom stereocenters. The van der Waals surface area contributed by atoms with Crippen molar-refractivity contribution in [2.45, 2.75) is 45.2 Å². The topological polar surface area (TPSA) is 185 Å². The Morgan fingerprint density at radius 2 is 1.55 bits per heavy atom. The van der Waals surface area contributed by atoms with E-state index in [1.165, 1.54) is 12.1 Å². The second-order valence-corrected chi connectivity index (χ2v) is 7.31. The maximum absolute atomic E-state index is 12.7. The summed E-state index contributed by atoms with van der Waals surface area (Å²) in [4.78, 5) is 57.8. The lowest BCUT2D eigenvalue weighted by atomic mass is 10.0. The number of amides is 3. The number of carbonyl (C=O) groups is 5. The van der Waals surface area contributed by atoms with Gasteiger partial charge in [-0.2, -0.15) is 0 Å². The van der Waals surface area contributed by atoms with Crippen LogP contribution in [-0.2, 0) is 30.4 Å². The highest BCUT2D eigenvalue weighted by atomic mass is 16.5. The van der Waals surface area contributed by atoms with Crippen LogP contribution in [0.4, 0.5) is 0 Å². The molecule has 0 unspecified atom stereocenters. The SMILES string of the molecule is CC(C)CC(=O)N[C@@H](Cc1ccc(OCC(=O)O)cc1)C(=O)N[C@@H](CC(=O)O)C(N)=O. The van der Waals surface area contributed by atoms with Crippen LogP contribution in [0.3, 0.4) is 0 Å². The van der Waals surface area contributed by atoms with Crippen LogP contribution in [0.1, 0.15) is 32.3 Å². The van der Waals surface area contributed by atoms with Crippen molar-refractivity contribution in [3.05, 3.63) is 29.8 Å². The molecule has 0 saturated carbocycles. The first-order valence-corrected chi connectivity index (χ1v) is 9.52. The molecule has 1 aromatic rings. The summed E-state index contributed by atoms with van der Waals surface area (Å²) in [6, 6.07) is 3.69. The second-order valence-electron chi connectivity index (χ2n) is 7.31. The van der Waals surface area contributed by atoms with E-state index in [2.05, 4.69) is 10.6 Å². The van der Waals surface area contributed by atoms with Crippen molar-refractivity contribution in [1.29, 1.82) is 0 Å². The van der Waals surface area contributed by atoms with Crippen molar-refractivity contribution in [2.24, 2.45) is 11.7 Å². The fourth-order valence-electron chi connectivity index (χ4n) is 2.61. The molecule has 1 rings (SSSR count). The van der Waals surface area contributed by atoms with Gasteiger partial charge >= 0.3 is 11.9 Å². The van der Waals surface area contributed by atoms with Gasteiger partial charge in [0.1, 0.15) is 17.8 Å². The second kappa shape index (κ2) is 12.2. The molecule has 6 N–H and O–H groups in total. The Morgan fingerprint density at radius 3 is 2.03 bits per heavy atom. The van der Waals surface area contributed by atoms with E-state index in [0.29, 0.717) is 11.3 Å². The minimum Gasteiger partial charge on any atom is -0.482 e. The third-order valence-electron chi connectivity index (χ3n) is 4.01. The molecule has 0 bridgehead atoms. The molecule has 0 spiro atoms. The lowest BCUT2D eigenvalue weighted by Gasteiger charge is -2.22. The van der Waals surface area contributed by atoms with Crippen LogP contribution in [0.15, 0.2) is 24.3 Å². The summed E-state index contributed by atoms with van der Waals surface area (Å²) < 4.78 is 5.04. The Morgan fingerprint density at radius 1 is 0.935 bits per heavy atom. The first kappa shape index (κ1) is 25.4. The Labute approximate surface area is 178 Å². The Balaban J connectivity index is 2.95. The first-order valence-electron chi connectivity index (χ1n) is 9.52. The van der Waals surface area contributed by atoms with E-state index in [0.717, 1.165) is 0 Å². The summed E-state index contributed by atoms with van der Waals surface area (Å²) in [5, 5.41) is 22.4. The molecule has 0 aromatic heterocycles. The highest BCUT2D eigenvalue weighted by Crippen LogP contribution is 2.14. The molecule has 0 saturated heterocycles. The number of primary amides is 1. The molecule has 0 aliphatic carbocycles. The van der Waals surface area contributed by atoms with Crippen molar-refractivity contribution < 1.29 is 38.9 Å². The Hall–Kier alpha value is -3.63. The molecule has 11 nitrogen and oxygen atoms in total. The Kier molecular flexibility index (Phi) is 9.96. The summed E-state index contributed by atoms with van der Waals surface area (Å²) in [7, 11) is 0. The average Bonchev–Trinajstić information content (AvgIpc) is 2.65. The molecule has 170 valence electrons. The van der Waals surface area contributed by atoms with Crippen LogP contribution in [0.5, 0.6) is 5.75 Å². The number of carboxylic acids is 2. The van der Waals surface area contributed by atoms with Crippen LogP contribution in [0.2, 0.25) is 0 Å². The van der Waals surface area contributed by atoms with Gasteiger partial charge < -0.3 is 31.3 Å². The number of nitrogens with one attached hydrogen (secondary N) is 2. The monoisotopic (exact) mass is 437 g/mol. The van der Waals surface area contributed by atoms with Gasteiger partial charge in [0.15, 0.2) is 6.61 Å². The number of carboxylic acid groups (broad SMARTS) is 2. The third kappa shape index (κ3) is 10.1. The van der Waals surface area contributed by atoms with Gasteiger partial charge in [-0.15, -0.1) is 0 Å². The highest BCUT2D eigenvalue weighted by Gasteiger charge is 2.27. The zero-order chi connectivity index (χ0) is 23.6. The molecule has 11 heteroatoms. The summed E-state index contributed by atoms with van der Waals surface area (Å²) in [6.07, 6.45) is -0.489. The summed E-state index contributed by atoms with van der Waals surface area (Å²) >= 11 is 0. The maximum Gasteiger partial charge on any atom is 0.341 e. The minimum absolute atomic E-state index is 0.0352. The van der Waals surface area contributed by atoms with E-state index < -0.39 is 48.9 Å². The van der Waals surface area contributed by atoms with Gasteiger partial charge in [-0.25, -0.2) is 4.79 Å². The van der Waals surface area contributed by atoms with Gasteiger partial charge in [0.05, 0.1) is 6.42 Å². The van der Waals surface area contributed by atoms with E-state index in [1.54, 1.807) is 12.1 Å². The molecule has 0 aliphatic rings. The number of hydrogen-bond donors (Lipinski definition) is 5. The molecule has 0 radical (unpaired) electrons. The number of rotatable bonds is 13. The van der Waals surface area contributed by atoms with Crippen molar-refractivity contribution >= 4 is 29.7 Å². The number of hydrogen-bond acceptors (Lipinski definition) is 6. The lowest BCUT2D eigenvalue weighted by Crippen LogP contribution is -2.54. The molecular formula is C20H27N3O8. The predicted octanol–water partition coefficient (Wildman–Crippen LogP) is -0.332. The van der Waals surface area contributed by atoms with E-state index in [-0.39, 0.29) is 24.7 Å². The van der Waals surface area contributed by atoms with Crippen molar-refractivity contribution in [3.8, 4) is 5.75 Å². The molecule has 1 aromatic carbocycles. The van der Waals surface area contributed by atoms with Gasteiger partial charge in [-0.05, 0) is 23.6 Å². The Bertz CT molecular complexity index is 807. The average molecular weight is 437 g/mol. The van der Waals surface area contributed by atoms with Crippen molar-refractivity contribution in [3.63, 3.8) is 0 Å². The summed E-state index contributed by atoms with van der Waals surface area (Å²) in [5.41, 5.74) is 5.77. The molecule has 0 aliphatic heterocycles. The van der Waals surface area contributed by atoms with E-state index in [9.17, 15) is 24.0 Å². The van der Waals surface area contributed by atoms with E-state index in [1.807, 2.05) is 13.8 Å². The molecule has 0 heterocycles. The molecular weight excluding hydrogens is 410 g/mol. The van der Waals surface area contributed by atoms with Gasteiger partial charge in [0, 0.05) is 12.8 Å². The number of aliphatic carboxylic acids is 2. The van der Waals surface area contributed by atoms with Crippen LogP contribution < -0.4 is 21.1 Å². The maximum atomic E-state index is 12.7. The molecule has 0 fully saturated rings. The number of carbonyl (C=O) groups excluding carboxylic acids is 3. The van der Waals surface area contributed by atoms with E-state index >= 15 is 0 Å². The quantitative estimate of drug-likeness (QED) is 0.277. The van der Waals surface area contributed by atoms with Crippen LogP contribution in [-0.4, -0.2) is 58.6 Å². The fourth-order valence-corrected chi connectivity index (χ4v) is 2.61. The normalized spacial score (nSPS) is 12.5. The van der Waals surface area contributed by atoms with Gasteiger partial charge in [0.2, 0.25) is 17.7 Å². The van der Waals surface area contributed by atoms with Crippen LogP contribution >= 0.6 is 0 Å². The molecule has 31 heavy (non-hydrogen) atoms. The minimum atomic E-state index is -1.43. The van der Waals surface area contributed by atoms with E-state index in [4.69, 9.17) is 20.7 Å². The standard InChI is InChI=1S/C20H27N3O8/c1-11(2)7-16(24)22-15(20(30)23-14(19(21)29)9-17(25)26)8-12-3-5-13(6-4-12)31-10-18(27)28/h3-6,11,14-15H,7-10H2,1-2H3,(H2,21,29)(H,22,24)(H,23,30)(H,25,26)(H,27,28)/t14-,15-/m0/s1. The van der Waals surface area contributed by atoms with Crippen molar-refractivity contribution in [2.75, 3.05) is 6.61 Å². The zero-order valence-electron chi connectivity index (χ0n) is 17.3. The van der Waals surface area contributed by atoms with Crippen molar-refractivity contribution in [1.82, 2.24) is 10.6 Å². The fraction of sp³-hybridized carbons (Fsp3) is 0.450. The zero-order valence-corrected chi connectivity index (χ0v) is 17.3. The number of nitrogens with two attached hydrogens (primary N) is 1. The number of benzene rings is 1. The largest absolute Gasteiger partial charge is 0.482 e. The predicted molar refractivity (Wildman–Crippen MR) is 108 cm³/mol. The van der Waals surface area contributed by atoms with Crippen LogP contribution in [0.25, 0.3) is 0 Å². The van der Waals surface area contributed by atoms with Gasteiger partial charge in [0.25, 0.3) is 0 Å². The first-order chi connectivity index (χ1) is 14.5. The lowest BCUT2D eigenvalue weighted by molar-refractivity contribution is -0.140. The molecule has 3 amide bonds. The van der Waals surface area contributed by atoms with Gasteiger partial charge in [-0.1, -0.05) is 26.0 Å². The summed E-state index contributed by atoms with van der Waals surface area (Å²) in [5.74, 6) is -4.24. The van der Waals surface area contributed by atoms with Crippen LogP contribution in [0, 0.1) is 5.92 Å². The summed E-state index contributed by atoms with van der Waals surface area (Å²) in [6.45, 7) is 3.16. The third-order valence-corrected chi connectivity index (χ3v) is 4.01. The van der Waals surface area contributed by atoms with Gasteiger partial charge in [-0.3, -0.25) is 19.2 Å². The highest BCUT2D eigenvalue weighted by molar-refractivity contribution is 5.93.